The van der Waals surface area contributed by atoms with E-state index in [0.717, 1.165) is 24.7 Å². The zero-order chi connectivity index (χ0) is 16.4. The lowest BCUT2D eigenvalue weighted by Gasteiger charge is -2.36. The number of amides is 1. The van der Waals surface area contributed by atoms with Gasteiger partial charge in [-0.2, -0.15) is 0 Å². The van der Waals surface area contributed by atoms with Crippen molar-refractivity contribution in [3.63, 3.8) is 0 Å². The average molecular weight is 334 g/mol. The minimum absolute atomic E-state index is 0.151. The minimum Gasteiger partial charge on any atom is -0.365 e. The Bertz CT molecular complexity index is 731. The van der Waals surface area contributed by atoms with E-state index in [2.05, 4.69) is 25.1 Å². The second-order valence-electron chi connectivity index (χ2n) is 5.20. The Kier molecular flexibility index (Phi) is 4.24. The van der Waals surface area contributed by atoms with Crippen LogP contribution < -0.4 is 15.5 Å². The van der Waals surface area contributed by atoms with Crippen LogP contribution in [-0.4, -0.2) is 52.3 Å². The predicted octanol–water partition coefficient (Wildman–Crippen LogP) is 0.654. The topological polar surface area (TPSA) is 101 Å². The van der Waals surface area contributed by atoms with Crippen molar-refractivity contribution in [3.05, 3.63) is 34.9 Å². The van der Waals surface area contributed by atoms with Crippen molar-refractivity contribution in [2.75, 3.05) is 36.0 Å². The number of nitrogens with zero attached hydrogens (tertiary/aromatic N) is 6. The summed E-state index contributed by atoms with van der Waals surface area (Å²) in [6.45, 7) is 4.72. The number of hydrogen-bond donors (Lipinski definition) is 1. The van der Waals surface area contributed by atoms with Gasteiger partial charge in [0, 0.05) is 32.4 Å². The van der Waals surface area contributed by atoms with Crippen LogP contribution in [0.4, 0.5) is 11.6 Å². The van der Waals surface area contributed by atoms with E-state index in [1.165, 1.54) is 6.07 Å². The molecule has 1 saturated heterocycles. The van der Waals surface area contributed by atoms with Gasteiger partial charge in [0.15, 0.2) is 11.0 Å². The Balaban J connectivity index is 1.76. The molecule has 0 aromatic carbocycles. The van der Waals surface area contributed by atoms with Gasteiger partial charge < -0.3 is 15.5 Å². The van der Waals surface area contributed by atoms with Crippen molar-refractivity contribution in [3.8, 4) is 0 Å². The van der Waals surface area contributed by atoms with Crippen LogP contribution in [0.25, 0.3) is 0 Å². The van der Waals surface area contributed by atoms with E-state index in [1.807, 2.05) is 17.9 Å². The Morgan fingerprint density at radius 3 is 2.57 bits per heavy atom. The number of hydrogen-bond acceptors (Lipinski definition) is 7. The van der Waals surface area contributed by atoms with Gasteiger partial charge in [-0.05, 0) is 19.1 Å². The van der Waals surface area contributed by atoms with Crippen LogP contribution >= 0.6 is 11.6 Å². The highest BCUT2D eigenvalue weighted by Crippen LogP contribution is 2.22. The molecule has 9 heteroatoms. The normalized spacial score (nSPS) is 14.9. The Morgan fingerprint density at radius 1 is 1.22 bits per heavy atom. The fourth-order valence-electron chi connectivity index (χ4n) is 2.54. The second kappa shape index (κ2) is 6.33. The standard InChI is InChI=1S/C14H16ClN7O/c1-9-17-3-2-12(18-9)21-4-6-22(7-5-21)14-10(13(16)23)8-11(15)19-20-14/h2-3,8H,4-7H2,1H3,(H2,16,23). The first kappa shape index (κ1) is 15.4. The van der Waals surface area contributed by atoms with Crippen LogP contribution in [0.5, 0.6) is 0 Å². The van der Waals surface area contributed by atoms with Crippen LogP contribution in [0.2, 0.25) is 5.15 Å². The largest absolute Gasteiger partial charge is 0.365 e. The first-order chi connectivity index (χ1) is 11.0. The van der Waals surface area contributed by atoms with Gasteiger partial charge in [-0.1, -0.05) is 11.6 Å². The van der Waals surface area contributed by atoms with E-state index in [9.17, 15) is 4.79 Å². The zero-order valence-corrected chi connectivity index (χ0v) is 13.4. The molecule has 120 valence electrons. The molecule has 1 aliphatic rings. The molecule has 0 saturated carbocycles. The Morgan fingerprint density at radius 2 is 1.91 bits per heavy atom. The molecule has 0 atom stereocenters. The molecule has 2 N–H and O–H groups in total. The number of carbonyl (C=O) groups is 1. The van der Waals surface area contributed by atoms with Crippen molar-refractivity contribution in [2.45, 2.75) is 6.92 Å². The maximum Gasteiger partial charge on any atom is 0.252 e. The molecule has 23 heavy (non-hydrogen) atoms. The molecular weight excluding hydrogens is 318 g/mol. The highest BCUT2D eigenvalue weighted by molar-refractivity contribution is 6.29. The van der Waals surface area contributed by atoms with Crippen LogP contribution in [0.15, 0.2) is 18.3 Å². The Labute approximate surface area is 138 Å². The minimum atomic E-state index is -0.564. The number of carbonyl (C=O) groups excluding carboxylic acids is 1. The van der Waals surface area contributed by atoms with Crippen LogP contribution in [0.3, 0.4) is 0 Å². The maximum atomic E-state index is 11.6. The first-order valence-corrected chi connectivity index (χ1v) is 7.55. The fraction of sp³-hybridized carbons (Fsp3) is 0.357. The number of rotatable bonds is 3. The molecule has 0 aliphatic carbocycles. The van der Waals surface area contributed by atoms with Gasteiger partial charge in [-0.3, -0.25) is 4.79 Å². The fourth-order valence-corrected chi connectivity index (χ4v) is 2.69. The Hall–Kier alpha value is -2.48. The van der Waals surface area contributed by atoms with Crippen LogP contribution in [0.1, 0.15) is 16.2 Å². The molecule has 0 radical (unpaired) electrons. The molecule has 2 aromatic rings. The van der Waals surface area contributed by atoms with Gasteiger partial charge in [0.2, 0.25) is 0 Å². The number of aromatic nitrogens is 4. The molecule has 0 spiro atoms. The summed E-state index contributed by atoms with van der Waals surface area (Å²) in [5.74, 6) is 1.55. The van der Waals surface area contributed by atoms with Crippen LogP contribution in [-0.2, 0) is 0 Å². The summed E-state index contributed by atoms with van der Waals surface area (Å²) in [4.78, 5) is 24.3. The predicted molar refractivity (Wildman–Crippen MR) is 86.8 cm³/mol. The van der Waals surface area contributed by atoms with Gasteiger partial charge in [0.1, 0.15) is 11.6 Å². The third-order valence-corrected chi connectivity index (χ3v) is 3.86. The summed E-state index contributed by atoms with van der Waals surface area (Å²) in [5, 5.41) is 8.00. The van der Waals surface area contributed by atoms with Gasteiger partial charge in [-0.25, -0.2) is 9.97 Å². The molecular formula is C14H16ClN7O. The van der Waals surface area contributed by atoms with E-state index in [1.54, 1.807) is 6.20 Å². The number of piperazine rings is 1. The summed E-state index contributed by atoms with van der Waals surface area (Å²) >= 11 is 5.80. The molecule has 2 aromatic heterocycles. The van der Waals surface area contributed by atoms with Crippen molar-refractivity contribution >= 4 is 29.1 Å². The molecule has 1 fully saturated rings. The molecule has 1 aliphatic heterocycles. The van der Waals surface area contributed by atoms with E-state index in [4.69, 9.17) is 17.3 Å². The van der Waals surface area contributed by atoms with E-state index in [0.29, 0.717) is 18.9 Å². The number of halogens is 1. The summed E-state index contributed by atoms with van der Waals surface area (Å²) in [5.41, 5.74) is 5.69. The number of anilines is 2. The highest BCUT2D eigenvalue weighted by Gasteiger charge is 2.23. The average Bonchev–Trinajstić information content (AvgIpc) is 2.55. The van der Waals surface area contributed by atoms with Crippen LogP contribution in [0, 0.1) is 6.92 Å². The molecule has 0 bridgehead atoms. The molecule has 1 amide bonds. The highest BCUT2D eigenvalue weighted by atomic mass is 35.5. The van der Waals surface area contributed by atoms with Crippen molar-refractivity contribution < 1.29 is 4.79 Å². The smallest absolute Gasteiger partial charge is 0.252 e. The zero-order valence-electron chi connectivity index (χ0n) is 12.6. The molecule has 0 unspecified atom stereocenters. The van der Waals surface area contributed by atoms with Crippen molar-refractivity contribution in [1.29, 1.82) is 0 Å². The monoisotopic (exact) mass is 333 g/mol. The summed E-state index contributed by atoms with van der Waals surface area (Å²) in [7, 11) is 0. The SMILES string of the molecule is Cc1nccc(N2CCN(c3nnc(Cl)cc3C(N)=O)CC2)n1. The lowest BCUT2D eigenvalue weighted by molar-refractivity contribution is 0.1000. The molecule has 3 rings (SSSR count). The van der Waals surface area contributed by atoms with Gasteiger partial charge in [-0.15, -0.1) is 10.2 Å². The summed E-state index contributed by atoms with van der Waals surface area (Å²) < 4.78 is 0. The van der Waals surface area contributed by atoms with E-state index in [-0.39, 0.29) is 10.7 Å². The third kappa shape index (κ3) is 3.31. The lowest BCUT2D eigenvalue weighted by atomic mass is 10.2. The second-order valence-corrected chi connectivity index (χ2v) is 5.59. The van der Waals surface area contributed by atoms with E-state index < -0.39 is 5.91 Å². The van der Waals surface area contributed by atoms with Crippen molar-refractivity contribution in [1.82, 2.24) is 20.2 Å². The molecule has 8 nitrogen and oxygen atoms in total. The quantitative estimate of drug-likeness (QED) is 0.880. The van der Waals surface area contributed by atoms with Gasteiger partial charge in [0.25, 0.3) is 5.91 Å². The first-order valence-electron chi connectivity index (χ1n) is 7.17. The molecule has 3 heterocycles. The summed E-state index contributed by atoms with van der Waals surface area (Å²) in [6.07, 6.45) is 1.75. The maximum absolute atomic E-state index is 11.6. The lowest BCUT2D eigenvalue weighted by Crippen LogP contribution is -2.47. The number of nitrogens with two attached hydrogens (primary N) is 1. The third-order valence-electron chi connectivity index (χ3n) is 3.67. The van der Waals surface area contributed by atoms with Gasteiger partial charge >= 0.3 is 0 Å². The van der Waals surface area contributed by atoms with E-state index >= 15 is 0 Å². The number of aryl methyl sites for hydroxylation is 1. The van der Waals surface area contributed by atoms with Gasteiger partial charge in [0.05, 0.1) is 5.56 Å². The van der Waals surface area contributed by atoms with Crippen molar-refractivity contribution in [2.24, 2.45) is 5.73 Å². The number of primary amides is 1. The summed E-state index contributed by atoms with van der Waals surface area (Å²) in [6, 6.07) is 3.34.